The Hall–Kier alpha value is -1.52. The van der Waals surface area contributed by atoms with Gasteiger partial charge in [0, 0.05) is 29.4 Å². The molecule has 4 nitrogen and oxygen atoms in total. The van der Waals surface area contributed by atoms with Crippen molar-refractivity contribution in [2.45, 2.75) is 43.4 Å². The third-order valence-electron chi connectivity index (χ3n) is 5.86. The molecule has 4 heteroatoms. The summed E-state index contributed by atoms with van der Waals surface area (Å²) in [6.07, 6.45) is 6.35. The highest BCUT2D eigenvalue weighted by Gasteiger charge is 2.54. The Labute approximate surface area is 137 Å². The van der Waals surface area contributed by atoms with Crippen LogP contribution in [0.15, 0.2) is 24.3 Å². The molecular formula is C19H26NO3+. The maximum atomic E-state index is 10.2. The summed E-state index contributed by atoms with van der Waals surface area (Å²) >= 11 is 0. The quantitative estimate of drug-likeness (QED) is 0.639. The van der Waals surface area contributed by atoms with Gasteiger partial charge in [-0.1, -0.05) is 12.2 Å². The van der Waals surface area contributed by atoms with Crippen LogP contribution in [-0.4, -0.2) is 49.5 Å². The summed E-state index contributed by atoms with van der Waals surface area (Å²) in [5.74, 6) is 1.74. The topological polar surface area (TPSA) is 38.7 Å². The normalized spacial score (nSPS) is 33.9. The SMILES string of the molecule is COc1ccc2c3c1OC1CC(O)C=CCC31CC[N+](C)(C)C2. The number of hydrogen-bond acceptors (Lipinski definition) is 3. The lowest BCUT2D eigenvalue weighted by molar-refractivity contribution is -0.903. The molecule has 0 amide bonds. The minimum atomic E-state index is -0.422. The lowest BCUT2D eigenvalue weighted by atomic mass is 9.70. The predicted octanol–water partition coefficient (Wildman–Crippen LogP) is 2.39. The Kier molecular flexibility index (Phi) is 3.26. The fraction of sp³-hybridized carbons (Fsp3) is 0.579. The smallest absolute Gasteiger partial charge is 0.166 e. The second-order valence-electron chi connectivity index (χ2n) is 7.90. The highest BCUT2D eigenvalue weighted by atomic mass is 16.5. The molecular weight excluding hydrogens is 290 g/mol. The van der Waals surface area contributed by atoms with Crippen LogP contribution >= 0.6 is 0 Å². The molecule has 2 aliphatic heterocycles. The number of hydrogen-bond donors (Lipinski definition) is 1. The van der Waals surface area contributed by atoms with Crippen molar-refractivity contribution < 1.29 is 19.1 Å². The molecule has 1 N–H and O–H groups in total. The van der Waals surface area contributed by atoms with E-state index < -0.39 is 6.10 Å². The van der Waals surface area contributed by atoms with E-state index in [9.17, 15) is 5.11 Å². The summed E-state index contributed by atoms with van der Waals surface area (Å²) in [5, 5.41) is 10.2. The van der Waals surface area contributed by atoms with Crippen molar-refractivity contribution in [2.75, 3.05) is 27.7 Å². The maximum absolute atomic E-state index is 10.2. The largest absolute Gasteiger partial charge is 0.493 e. The van der Waals surface area contributed by atoms with Crippen LogP contribution in [0.25, 0.3) is 0 Å². The van der Waals surface area contributed by atoms with Gasteiger partial charge in [0.25, 0.3) is 0 Å². The Morgan fingerprint density at radius 2 is 2.17 bits per heavy atom. The number of aliphatic hydroxyl groups is 1. The monoisotopic (exact) mass is 316 g/mol. The van der Waals surface area contributed by atoms with Crippen LogP contribution in [0.5, 0.6) is 11.5 Å². The van der Waals surface area contributed by atoms with Crippen LogP contribution in [-0.2, 0) is 12.0 Å². The molecule has 1 aromatic rings. The molecule has 0 saturated heterocycles. The molecule has 0 bridgehead atoms. The van der Waals surface area contributed by atoms with E-state index in [0.29, 0.717) is 6.42 Å². The third-order valence-corrected chi connectivity index (χ3v) is 5.86. The van der Waals surface area contributed by atoms with E-state index in [2.05, 4.69) is 26.2 Å². The molecule has 4 rings (SSSR count). The summed E-state index contributed by atoms with van der Waals surface area (Å²) < 4.78 is 12.9. The second kappa shape index (κ2) is 4.99. The van der Waals surface area contributed by atoms with Gasteiger partial charge >= 0.3 is 0 Å². The van der Waals surface area contributed by atoms with Crippen molar-refractivity contribution >= 4 is 0 Å². The van der Waals surface area contributed by atoms with E-state index in [1.807, 2.05) is 12.1 Å². The first-order chi connectivity index (χ1) is 11.0. The lowest BCUT2D eigenvalue weighted by Crippen LogP contribution is -2.43. The summed E-state index contributed by atoms with van der Waals surface area (Å²) in [4.78, 5) is 0. The van der Waals surface area contributed by atoms with Gasteiger partial charge in [0.05, 0.1) is 33.9 Å². The zero-order chi connectivity index (χ0) is 16.2. The van der Waals surface area contributed by atoms with Crippen LogP contribution in [0.4, 0.5) is 0 Å². The highest BCUT2D eigenvalue weighted by molar-refractivity contribution is 5.58. The van der Waals surface area contributed by atoms with Crippen molar-refractivity contribution in [3.05, 3.63) is 35.4 Å². The van der Waals surface area contributed by atoms with E-state index in [1.165, 1.54) is 11.1 Å². The number of allylic oxidation sites excluding steroid dienone is 1. The van der Waals surface area contributed by atoms with E-state index in [1.54, 1.807) is 7.11 Å². The Morgan fingerprint density at radius 1 is 1.35 bits per heavy atom. The summed E-state index contributed by atoms with van der Waals surface area (Å²) in [6.45, 7) is 2.12. The molecule has 1 aromatic carbocycles. The van der Waals surface area contributed by atoms with Crippen LogP contribution in [0.1, 0.15) is 30.4 Å². The lowest BCUT2D eigenvalue weighted by Gasteiger charge is -2.34. The molecule has 0 fully saturated rings. The number of methoxy groups -OCH3 is 1. The van der Waals surface area contributed by atoms with Crippen molar-refractivity contribution in [1.29, 1.82) is 0 Å². The molecule has 124 valence electrons. The zero-order valence-electron chi connectivity index (χ0n) is 14.2. The van der Waals surface area contributed by atoms with Gasteiger partial charge in [0.15, 0.2) is 11.5 Å². The van der Waals surface area contributed by atoms with Gasteiger partial charge in [-0.3, -0.25) is 0 Å². The Morgan fingerprint density at radius 3 is 2.96 bits per heavy atom. The molecule has 0 radical (unpaired) electrons. The highest BCUT2D eigenvalue weighted by Crippen LogP contribution is 2.56. The van der Waals surface area contributed by atoms with Gasteiger partial charge in [0.1, 0.15) is 12.6 Å². The van der Waals surface area contributed by atoms with E-state index in [-0.39, 0.29) is 11.5 Å². The van der Waals surface area contributed by atoms with Crippen molar-refractivity contribution in [3.63, 3.8) is 0 Å². The minimum Gasteiger partial charge on any atom is -0.493 e. The Balaban J connectivity index is 1.93. The van der Waals surface area contributed by atoms with Crippen molar-refractivity contribution in [2.24, 2.45) is 0 Å². The average molecular weight is 316 g/mol. The molecule has 1 aliphatic carbocycles. The zero-order valence-corrected chi connectivity index (χ0v) is 14.2. The molecule has 3 unspecified atom stereocenters. The van der Waals surface area contributed by atoms with Crippen LogP contribution in [0.2, 0.25) is 0 Å². The first kappa shape index (κ1) is 15.0. The average Bonchev–Trinajstić information content (AvgIpc) is 2.63. The first-order valence-corrected chi connectivity index (χ1v) is 8.49. The van der Waals surface area contributed by atoms with Gasteiger partial charge in [-0.2, -0.15) is 0 Å². The minimum absolute atomic E-state index is 0.0237. The molecule has 0 saturated carbocycles. The molecule has 1 spiro atoms. The van der Waals surface area contributed by atoms with Crippen molar-refractivity contribution in [3.8, 4) is 11.5 Å². The van der Waals surface area contributed by atoms with Gasteiger partial charge in [0.2, 0.25) is 0 Å². The van der Waals surface area contributed by atoms with Gasteiger partial charge < -0.3 is 19.1 Å². The Bertz CT molecular complexity index is 667. The number of nitrogens with zero attached hydrogens (tertiary/aromatic N) is 1. The summed E-state index contributed by atoms with van der Waals surface area (Å²) in [6, 6.07) is 4.24. The third kappa shape index (κ3) is 2.19. The molecule has 2 heterocycles. The number of quaternary nitrogens is 1. The summed E-state index contributed by atoms with van der Waals surface area (Å²) in [7, 11) is 6.30. The van der Waals surface area contributed by atoms with E-state index in [4.69, 9.17) is 9.47 Å². The first-order valence-electron chi connectivity index (χ1n) is 8.49. The summed E-state index contributed by atoms with van der Waals surface area (Å²) in [5.41, 5.74) is 2.68. The van der Waals surface area contributed by atoms with Crippen LogP contribution in [0, 0.1) is 0 Å². The number of aliphatic hydroxyl groups excluding tert-OH is 1. The predicted molar refractivity (Wildman–Crippen MR) is 88.8 cm³/mol. The van der Waals surface area contributed by atoms with Gasteiger partial charge in [-0.25, -0.2) is 0 Å². The van der Waals surface area contributed by atoms with Crippen LogP contribution < -0.4 is 9.47 Å². The number of ether oxygens (including phenoxy) is 2. The standard InChI is InChI=1S/C19H26NO3/c1-20(2)10-9-19-8-4-5-14(21)11-16(19)23-18-15(22-3)7-6-13(12-20)17(18)19/h4-7,14,16,21H,8-12H2,1-3H3/q+1. The van der Waals surface area contributed by atoms with Crippen molar-refractivity contribution in [1.82, 2.24) is 0 Å². The molecule has 23 heavy (non-hydrogen) atoms. The number of rotatable bonds is 1. The fourth-order valence-electron chi connectivity index (χ4n) is 4.65. The molecule has 3 aliphatic rings. The van der Waals surface area contributed by atoms with Gasteiger partial charge in [-0.15, -0.1) is 0 Å². The van der Waals surface area contributed by atoms with Crippen LogP contribution in [0.3, 0.4) is 0 Å². The molecule has 3 atom stereocenters. The molecule has 0 aromatic heterocycles. The van der Waals surface area contributed by atoms with E-state index >= 15 is 0 Å². The second-order valence-corrected chi connectivity index (χ2v) is 7.90. The van der Waals surface area contributed by atoms with E-state index in [0.717, 1.165) is 41.9 Å². The fourth-order valence-corrected chi connectivity index (χ4v) is 4.65. The number of benzene rings is 1. The maximum Gasteiger partial charge on any atom is 0.166 e. The van der Waals surface area contributed by atoms with Gasteiger partial charge in [-0.05, 0) is 18.6 Å².